The number of nitrogens with zero attached hydrogens (tertiary/aromatic N) is 1. The van der Waals surface area contributed by atoms with Gasteiger partial charge in [-0.25, -0.2) is 0 Å². The highest BCUT2D eigenvalue weighted by Gasteiger charge is 2.12. The second-order valence-corrected chi connectivity index (χ2v) is 5.58. The average Bonchev–Trinajstić information content (AvgIpc) is 3.16. The number of ether oxygens (including phenoxy) is 3. The number of carbonyl (C=O) groups excluding carboxylic acids is 1. The quantitative estimate of drug-likeness (QED) is 0.604. The molecule has 0 N–H and O–H groups in total. The topological polar surface area (TPSA) is 70.8 Å². The van der Waals surface area contributed by atoms with E-state index in [1.807, 2.05) is 30.3 Å². The van der Waals surface area contributed by atoms with Gasteiger partial charge in [-0.1, -0.05) is 41.6 Å². The number of esters is 1. The fraction of sp³-hybridized carbons (Fsp3) is 0.200. The standard InChI is InChI=1S/C20H19NO5/c1-23-17-9-8-14(10-19(17)24-2)11-20(22)25-13-16-12-18(26-21-16)15-6-4-3-5-7-15/h3-10,12H,11,13H2,1-2H3. The van der Waals surface area contributed by atoms with E-state index >= 15 is 0 Å². The summed E-state index contributed by atoms with van der Waals surface area (Å²) < 4.78 is 21.0. The smallest absolute Gasteiger partial charge is 0.310 e. The lowest BCUT2D eigenvalue weighted by atomic mass is 10.1. The van der Waals surface area contributed by atoms with Crippen LogP contribution < -0.4 is 9.47 Å². The lowest BCUT2D eigenvalue weighted by Crippen LogP contribution is -2.08. The van der Waals surface area contributed by atoms with E-state index in [-0.39, 0.29) is 19.0 Å². The zero-order valence-corrected chi connectivity index (χ0v) is 14.6. The average molecular weight is 353 g/mol. The molecule has 0 bridgehead atoms. The van der Waals surface area contributed by atoms with Crippen molar-refractivity contribution in [3.05, 3.63) is 65.9 Å². The molecule has 0 unspecified atom stereocenters. The predicted octanol–water partition coefficient (Wildman–Crippen LogP) is 3.64. The number of benzene rings is 2. The van der Waals surface area contributed by atoms with E-state index < -0.39 is 0 Å². The number of hydrogen-bond acceptors (Lipinski definition) is 6. The van der Waals surface area contributed by atoms with Gasteiger partial charge in [-0.05, 0) is 17.7 Å². The van der Waals surface area contributed by atoms with Crippen molar-refractivity contribution in [2.45, 2.75) is 13.0 Å². The SMILES string of the molecule is COc1ccc(CC(=O)OCc2cc(-c3ccccc3)on2)cc1OC. The summed E-state index contributed by atoms with van der Waals surface area (Å²) in [5, 5.41) is 3.93. The van der Waals surface area contributed by atoms with Crippen molar-refractivity contribution in [3.8, 4) is 22.8 Å². The molecular formula is C20H19NO5. The summed E-state index contributed by atoms with van der Waals surface area (Å²) in [6, 6.07) is 16.7. The van der Waals surface area contributed by atoms with Gasteiger partial charge in [0.05, 0.1) is 20.6 Å². The molecule has 0 atom stereocenters. The van der Waals surface area contributed by atoms with Crippen molar-refractivity contribution in [2.75, 3.05) is 14.2 Å². The fourth-order valence-corrected chi connectivity index (χ4v) is 2.48. The van der Waals surface area contributed by atoms with Gasteiger partial charge in [0.2, 0.25) is 0 Å². The van der Waals surface area contributed by atoms with Gasteiger partial charge in [-0.2, -0.15) is 0 Å². The van der Waals surface area contributed by atoms with Crippen LogP contribution in [0.5, 0.6) is 11.5 Å². The van der Waals surface area contributed by atoms with Crippen LogP contribution in [-0.2, 0) is 22.6 Å². The Bertz CT molecular complexity index is 873. The largest absolute Gasteiger partial charge is 0.493 e. The van der Waals surface area contributed by atoms with Crippen LogP contribution in [0.25, 0.3) is 11.3 Å². The maximum Gasteiger partial charge on any atom is 0.310 e. The summed E-state index contributed by atoms with van der Waals surface area (Å²) in [6.07, 6.45) is 0.129. The Hall–Kier alpha value is -3.28. The van der Waals surface area contributed by atoms with Gasteiger partial charge in [-0.3, -0.25) is 4.79 Å². The van der Waals surface area contributed by atoms with Crippen molar-refractivity contribution in [2.24, 2.45) is 0 Å². The molecule has 0 spiro atoms. The Labute approximate surface area is 151 Å². The molecule has 1 aromatic heterocycles. The molecule has 0 saturated heterocycles. The van der Waals surface area contributed by atoms with Crippen molar-refractivity contribution in [1.29, 1.82) is 0 Å². The highest BCUT2D eigenvalue weighted by Crippen LogP contribution is 2.27. The number of hydrogen-bond donors (Lipinski definition) is 0. The summed E-state index contributed by atoms with van der Waals surface area (Å²) in [6.45, 7) is 0.0580. The normalized spacial score (nSPS) is 10.4. The van der Waals surface area contributed by atoms with Gasteiger partial charge in [0.15, 0.2) is 17.3 Å². The molecule has 134 valence electrons. The number of methoxy groups -OCH3 is 2. The molecule has 2 aromatic carbocycles. The van der Waals surface area contributed by atoms with Crippen LogP contribution >= 0.6 is 0 Å². The van der Waals surface area contributed by atoms with Crippen LogP contribution in [0.2, 0.25) is 0 Å². The van der Waals surface area contributed by atoms with Crippen LogP contribution in [0, 0.1) is 0 Å². The van der Waals surface area contributed by atoms with Crippen molar-refractivity contribution >= 4 is 5.97 Å². The first-order valence-electron chi connectivity index (χ1n) is 8.07. The van der Waals surface area contributed by atoms with Gasteiger partial charge >= 0.3 is 5.97 Å². The summed E-state index contributed by atoms with van der Waals surface area (Å²) in [5.74, 6) is 1.46. The summed E-state index contributed by atoms with van der Waals surface area (Å²) in [5.41, 5.74) is 2.25. The second-order valence-electron chi connectivity index (χ2n) is 5.58. The third-order valence-corrected chi connectivity index (χ3v) is 3.79. The van der Waals surface area contributed by atoms with E-state index in [2.05, 4.69) is 5.16 Å². The van der Waals surface area contributed by atoms with Crippen molar-refractivity contribution < 1.29 is 23.5 Å². The zero-order chi connectivity index (χ0) is 18.4. The van der Waals surface area contributed by atoms with Crippen LogP contribution in [0.4, 0.5) is 0 Å². The van der Waals surface area contributed by atoms with E-state index in [0.717, 1.165) is 11.1 Å². The highest BCUT2D eigenvalue weighted by molar-refractivity contribution is 5.73. The monoisotopic (exact) mass is 353 g/mol. The Balaban J connectivity index is 1.57. The van der Waals surface area contributed by atoms with E-state index in [1.54, 1.807) is 38.5 Å². The van der Waals surface area contributed by atoms with E-state index in [1.165, 1.54) is 0 Å². The molecule has 6 nitrogen and oxygen atoms in total. The third-order valence-electron chi connectivity index (χ3n) is 3.79. The molecule has 0 aliphatic heterocycles. The fourth-order valence-electron chi connectivity index (χ4n) is 2.48. The number of carbonyl (C=O) groups is 1. The van der Waals surface area contributed by atoms with Gasteiger partial charge in [0.25, 0.3) is 0 Å². The highest BCUT2D eigenvalue weighted by atomic mass is 16.5. The molecule has 26 heavy (non-hydrogen) atoms. The molecule has 0 fully saturated rings. The summed E-state index contributed by atoms with van der Waals surface area (Å²) in [4.78, 5) is 12.1. The third kappa shape index (κ3) is 4.22. The van der Waals surface area contributed by atoms with E-state index in [0.29, 0.717) is 23.0 Å². The van der Waals surface area contributed by atoms with Crippen molar-refractivity contribution in [1.82, 2.24) is 5.16 Å². The van der Waals surface area contributed by atoms with Crippen LogP contribution in [0.3, 0.4) is 0 Å². The molecule has 3 aromatic rings. The lowest BCUT2D eigenvalue weighted by Gasteiger charge is -2.09. The maximum atomic E-state index is 12.1. The van der Waals surface area contributed by atoms with Gasteiger partial charge in [0.1, 0.15) is 12.3 Å². The first kappa shape index (κ1) is 17.5. The maximum absolute atomic E-state index is 12.1. The molecule has 0 saturated carbocycles. The first-order chi connectivity index (χ1) is 12.7. The Morgan fingerprint density at radius 3 is 2.50 bits per heavy atom. The van der Waals surface area contributed by atoms with Gasteiger partial charge in [-0.15, -0.1) is 0 Å². The van der Waals surface area contributed by atoms with Gasteiger partial charge in [0, 0.05) is 11.6 Å². The predicted molar refractivity (Wildman–Crippen MR) is 95.0 cm³/mol. The Morgan fingerprint density at radius 1 is 1.00 bits per heavy atom. The number of rotatable bonds is 7. The molecular weight excluding hydrogens is 334 g/mol. The second kappa shape index (κ2) is 8.20. The minimum Gasteiger partial charge on any atom is -0.493 e. The minimum absolute atomic E-state index is 0.0580. The molecule has 0 aliphatic carbocycles. The molecule has 0 amide bonds. The van der Waals surface area contributed by atoms with Gasteiger partial charge < -0.3 is 18.7 Å². The molecule has 6 heteroatoms. The van der Waals surface area contributed by atoms with Crippen LogP contribution in [0.1, 0.15) is 11.3 Å². The molecule has 3 rings (SSSR count). The van der Waals surface area contributed by atoms with E-state index in [4.69, 9.17) is 18.7 Å². The lowest BCUT2D eigenvalue weighted by molar-refractivity contribution is -0.144. The molecule has 1 heterocycles. The van der Waals surface area contributed by atoms with Crippen molar-refractivity contribution in [3.63, 3.8) is 0 Å². The van der Waals surface area contributed by atoms with E-state index in [9.17, 15) is 4.79 Å². The Kier molecular flexibility index (Phi) is 5.53. The van der Waals surface area contributed by atoms with Crippen LogP contribution in [0.15, 0.2) is 59.1 Å². The first-order valence-corrected chi connectivity index (χ1v) is 8.07. The molecule has 0 aliphatic rings. The number of aromatic nitrogens is 1. The Morgan fingerprint density at radius 2 is 1.77 bits per heavy atom. The van der Waals surface area contributed by atoms with Crippen LogP contribution in [-0.4, -0.2) is 25.3 Å². The molecule has 0 radical (unpaired) electrons. The summed E-state index contributed by atoms with van der Waals surface area (Å²) >= 11 is 0. The minimum atomic E-state index is -0.360. The summed E-state index contributed by atoms with van der Waals surface area (Å²) in [7, 11) is 3.11. The zero-order valence-electron chi connectivity index (χ0n) is 14.6.